The van der Waals surface area contributed by atoms with Gasteiger partial charge in [0, 0.05) is 87.3 Å². The minimum atomic E-state index is -4.59. The van der Waals surface area contributed by atoms with Crippen LogP contribution in [0.1, 0.15) is 111 Å². The standard InChI is InChI=1S/C58H70N8O9S/c1-38(2)46-8-6-7-9-47(46)51-37-63(36-40-10-15-52(73-4)54(28-40)74-5)26-27-65(51)43-32-58(33-43)21-24-64(25-22-58)42-11-13-48(53(30-42)75-44-29-41-18-23-59-55(41)61-35-44)56(67)62-76(71,72)45-12-14-49(50(31-45)66(69)70)60-34-39-16-19-57(3,68)20-17-39/h6-15,18,23,28-31,35,38-39,43,51,60,68H,16-17,19-22,24-27,32-34,36-37H2,1-5H3,(H,59,61)(H,62,67)/t39-,51-,57-/m0/s1. The zero-order valence-electron chi connectivity index (χ0n) is 44.1. The average Bonchev–Trinajstić information content (AvgIpc) is 3.89. The summed E-state index contributed by atoms with van der Waals surface area (Å²) in [6.07, 6.45) is 10.4. The Balaban J connectivity index is 0.831. The van der Waals surface area contributed by atoms with Crippen LogP contribution in [0.25, 0.3) is 11.0 Å². The van der Waals surface area contributed by atoms with Crippen LogP contribution in [0, 0.1) is 21.4 Å². The smallest absolute Gasteiger partial charge is 0.293 e. The minimum Gasteiger partial charge on any atom is -0.493 e. The predicted molar refractivity (Wildman–Crippen MR) is 293 cm³/mol. The Morgan fingerprint density at radius 2 is 1.67 bits per heavy atom. The Morgan fingerprint density at radius 3 is 2.41 bits per heavy atom. The SMILES string of the molecule is COc1ccc(CN2CCN(C3CC4(CCN(c5ccc(C(=O)NS(=O)(=O)c6ccc(NC[C@H]7CC[C@](C)(O)CC7)c([N+](=O)[O-])c6)c(Oc6cnc7[nH]ccc7c6)c5)CC4)C3)[C@H](c3ccccc3C(C)C)C2)cc1OC. The molecular formula is C58H70N8O9S. The molecule has 2 aromatic heterocycles. The van der Waals surface area contributed by atoms with Crippen molar-refractivity contribution >= 4 is 44.0 Å². The number of sulfonamides is 1. The summed E-state index contributed by atoms with van der Waals surface area (Å²) < 4.78 is 47.5. The number of anilines is 2. The van der Waals surface area contributed by atoms with Crippen LogP contribution in [-0.4, -0.2) is 109 Å². The van der Waals surface area contributed by atoms with Gasteiger partial charge in [-0.05, 0) is 141 Å². The second-order valence-electron chi connectivity index (χ2n) is 22.1. The lowest BCUT2D eigenvalue weighted by molar-refractivity contribution is -0.384. The van der Waals surface area contributed by atoms with Gasteiger partial charge < -0.3 is 34.5 Å². The van der Waals surface area contributed by atoms with Gasteiger partial charge in [0.15, 0.2) is 11.5 Å². The molecule has 2 aliphatic carbocycles. The second kappa shape index (κ2) is 21.7. The van der Waals surface area contributed by atoms with Gasteiger partial charge in [-0.1, -0.05) is 44.2 Å². The first-order valence-corrected chi connectivity index (χ1v) is 28.1. The van der Waals surface area contributed by atoms with Gasteiger partial charge in [-0.25, -0.2) is 18.1 Å². The van der Waals surface area contributed by atoms with E-state index in [9.17, 15) is 28.4 Å². The molecule has 0 radical (unpaired) electrons. The van der Waals surface area contributed by atoms with Crippen molar-refractivity contribution < 1.29 is 37.5 Å². The summed E-state index contributed by atoms with van der Waals surface area (Å²) in [6, 6.07) is 28.3. The average molecular weight is 1060 g/mol. The number of piperazine rings is 1. The summed E-state index contributed by atoms with van der Waals surface area (Å²) in [6.45, 7) is 12.1. The first kappa shape index (κ1) is 52.7. The Labute approximate surface area is 445 Å². The van der Waals surface area contributed by atoms with Crippen LogP contribution in [-0.2, 0) is 16.6 Å². The van der Waals surface area contributed by atoms with Gasteiger partial charge in [0.05, 0.1) is 41.4 Å². The molecule has 10 rings (SSSR count). The molecule has 4 heterocycles. The van der Waals surface area contributed by atoms with E-state index in [0.29, 0.717) is 42.7 Å². The third kappa shape index (κ3) is 11.4. The first-order valence-electron chi connectivity index (χ1n) is 26.6. The third-order valence-corrected chi connectivity index (χ3v) is 17.9. The van der Waals surface area contributed by atoms with Gasteiger partial charge in [-0.15, -0.1) is 0 Å². The molecule has 2 saturated carbocycles. The summed E-state index contributed by atoms with van der Waals surface area (Å²) in [7, 11) is -1.25. The first-order chi connectivity index (χ1) is 36.5. The number of methoxy groups -OCH3 is 2. The number of piperidine rings is 1. The number of nitrogens with zero attached hydrogens (tertiary/aromatic N) is 5. The van der Waals surface area contributed by atoms with Crippen LogP contribution >= 0.6 is 0 Å². The molecule has 402 valence electrons. The number of amides is 1. The van der Waals surface area contributed by atoms with Crippen LogP contribution in [0.4, 0.5) is 17.1 Å². The van der Waals surface area contributed by atoms with Gasteiger partial charge >= 0.3 is 0 Å². The van der Waals surface area contributed by atoms with Crippen molar-refractivity contribution in [1.82, 2.24) is 24.5 Å². The molecule has 4 aliphatic rings. The number of aliphatic hydroxyl groups is 1. The van der Waals surface area contributed by atoms with Gasteiger partial charge in [0.25, 0.3) is 21.6 Å². The van der Waals surface area contributed by atoms with E-state index >= 15 is 0 Å². The topological polar surface area (TPSA) is 205 Å². The molecule has 0 unspecified atom stereocenters. The lowest BCUT2D eigenvalue weighted by Gasteiger charge is -2.58. The van der Waals surface area contributed by atoms with E-state index < -0.39 is 37.0 Å². The van der Waals surface area contributed by atoms with E-state index in [2.05, 4.69) is 85.0 Å². The normalized spacial score (nSPS) is 21.3. The number of pyridine rings is 1. The number of aromatic amines is 1. The minimum absolute atomic E-state index is 0.0338. The zero-order valence-corrected chi connectivity index (χ0v) is 44.9. The highest BCUT2D eigenvalue weighted by Gasteiger charge is 2.50. The fourth-order valence-corrected chi connectivity index (χ4v) is 13.2. The van der Waals surface area contributed by atoms with Crippen molar-refractivity contribution in [3.05, 3.63) is 136 Å². The van der Waals surface area contributed by atoms with Crippen molar-refractivity contribution in [2.45, 2.75) is 107 Å². The number of carbonyl (C=O) groups excluding carboxylic acids is 1. The fourth-order valence-electron chi connectivity index (χ4n) is 12.2. The van der Waals surface area contributed by atoms with Crippen LogP contribution in [0.2, 0.25) is 0 Å². The Bertz CT molecular complexity index is 3190. The molecule has 4 aromatic carbocycles. The number of benzene rings is 4. The second-order valence-corrected chi connectivity index (χ2v) is 23.8. The number of carbonyl (C=O) groups is 1. The largest absolute Gasteiger partial charge is 0.493 e. The van der Waals surface area contributed by atoms with Crippen molar-refractivity contribution in [3.63, 3.8) is 0 Å². The number of fused-ring (bicyclic) bond motifs is 1. The quantitative estimate of drug-likeness (QED) is 0.0496. The van der Waals surface area contributed by atoms with Gasteiger partial charge in [-0.3, -0.25) is 24.7 Å². The Kier molecular flexibility index (Phi) is 15.1. The number of ether oxygens (including phenoxy) is 3. The molecule has 76 heavy (non-hydrogen) atoms. The third-order valence-electron chi connectivity index (χ3n) is 16.6. The molecule has 6 aromatic rings. The zero-order chi connectivity index (χ0) is 53.4. The van der Waals surface area contributed by atoms with E-state index in [-0.39, 0.29) is 34.4 Å². The maximum atomic E-state index is 14.1. The molecule has 17 nitrogen and oxygen atoms in total. The summed E-state index contributed by atoms with van der Waals surface area (Å²) in [4.78, 5) is 40.5. The summed E-state index contributed by atoms with van der Waals surface area (Å²) in [5.74, 6) is 1.60. The molecule has 18 heteroatoms. The highest BCUT2D eigenvalue weighted by atomic mass is 32.2. The van der Waals surface area contributed by atoms with Crippen molar-refractivity contribution in [2.75, 3.05) is 63.7 Å². The molecule has 1 amide bonds. The summed E-state index contributed by atoms with van der Waals surface area (Å²) >= 11 is 0. The predicted octanol–water partition coefficient (Wildman–Crippen LogP) is 10.2. The number of hydrogen-bond acceptors (Lipinski definition) is 14. The highest BCUT2D eigenvalue weighted by molar-refractivity contribution is 7.90. The van der Waals surface area contributed by atoms with Crippen molar-refractivity contribution in [2.24, 2.45) is 11.3 Å². The molecule has 4 N–H and O–H groups in total. The highest BCUT2D eigenvalue weighted by Crippen LogP contribution is 2.53. The number of nitrogens with one attached hydrogen (secondary N) is 3. The molecule has 0 bridgehead atoms. The number of aromatic nitrogens is 2. The number of nitro benzene ring substituents is 1. The maximum Gasteiger partial charge on any atom is 0.293 e. The molecule has 1 atom stereocenters. The number of H-pyrrole nitrogens is 1. The van der Waals surface area contributed by atoms with Crippen LogP contribution in [0.5, 0.6) is 23.0 Å². The maximum absolute atomic E-state index is 14.1. The van der Waals surface area contributed by atoms with Gasteiger partial charge in [0.2, 0.25) is 0 Å². The van der Waals surface area contributed by atoms with E-state index in [1.165, 1.54) is 28.8 Å². The van der Waals surface area contributed by atoms with Crippen LogP contribution in [0.15, 0.2) is 108 Å². The van der Waals surface area contributed by atoms with Crippen molar-refractivity contribution in [1.29, 1.82) is 0 Å². The number of rotatable bonds is 17. The summed E-state index contributed by atoms with van der Waals surface area (Å²) in [5, 5.41) is 26.5. The lowest BCUT2D eigenvalue weighted by Crippen LogP contribution is -2.60. The summed E-state index contributed by atoms with van der Waals surface area (Å²) in [5.41, 5.74) is 4.71. The van der Waals surface area contributed by atoms with E-state index in [1.807, 2.05) is 25.1 Å². The van der Waals surface area contributed by atoms with E-state index in [0.717, 1.165) is 106 Å². The fraction of sp³-hybridized carbons (Fsp3) is 0.448. The molecule has 2 aliphatic heterocycles. The monoisotopic (exact) mass is 1050 g/mol. The molecule has 1 spiro atoms. The van der Waals surface area contributed by atoms with Crippen LogP contribution in [0.3, 0.4) is 0 Å². The van der Waals surface area contributed by atoms with E-state index in [1.54, 1.807) is 44.8 Å². The molecule has 4 fully saturated rings. The van der Waals surface area contributed by atoms with Gasteiger partial charge in [-0.2, -0.15) is 0 Å². The van der Waals surface area contributed by atoms with Gasteiger partial charge in [0.1, 0.15) is 22.8 Å². The molecular weight excluding hydrogens is 985 g/mol. The molecule has 2 saturated heterocycles. The number of hydrogen-bond donors (Lipinski definition) is 4. The Morgan fingerprint density at radius 1 is 0.908 bits per heavy atom. The van der Waals surface area contributed by atoms with Crippen LogP contribution < -0.4 is 29.1 Å². The lowest BCUT2D eigenvalue weighted by atomic mass is 9.59. The Hall–Kier alpha value is -6.73. The van der Waals surface area contributed by atoms with Crippen molar-refractivity contribution in [3.8, 4) is 23.0 Å². The number of nitro groups is 1. The van der Waals surface area contributed by atoms with E-state index in [4.69, 9.17) is 14.2 Å².